The molecule has 2 aromatic carbocycles. The van der Waals surface area contributed by atoms with E-state index in [2.05, 4.69) is 0 Å². The Morgan fingerprint density at radius 3 is 1.33 bits per heavy atom. The smallest absolute Gasteiger partial charge is 0.134 e. The maximum absolute atomic E-state index is 13.5. The molecule has 0 bridgehead atoms. The standard InChI is InChI=1S/C27H32F2O/c28-23-13-9-21(10-14-23)26(19-5-1-2-6-19)17-25(30)18-27(20-7-3-4-8-20)22-11-15-24(29)16-12-22/h9-16,19-20,26-27H,1-8,17-18H2. The molecule has 0 radical (unpaired) electrons. The van der Waals surface area contributed by atoms with Crippen molar-refractivity contribution >= 4 is 5.78 Å². The molecule has 160 valence electrons. The molecular formula is C27H32F2O. The van der Waals surface area contributed by atoms with Gasteiger partial charge in [0.15, 0.2) is 0 Å². The number of hydrogen-bond donors (Lipinski definition) is 0. The second-order valence-electron chi connectivity index (χ2n) is 9.35. The summed E-state index contributed by atoms with van der Waals surface area (Å²) in [7, 11) is 0. The highest BCUT2D eigenvalue weighted by Gasteiger charge is 2.32. The fourth-order valence-corrected chi connectivity index (χ4v) is 5.83. The monoisotopic (exact) mass is 410 g/mol. The zero-order valence-electron chi connectivity index (χ0n) is 17.7. The summed E-state index contributed by atoms with van der Waals surface area (Å²) in [6.45, 7) is 0. The zero-order chi connectivity index (χ0) is 20.9. The molecule has 1 nitrogen and oxygen atoms in total. The van der Waals surface area contributed by atoms with E-state index in [0.717, 1.165) is 36.8 Å². The first kappa shape index (κ1) is 21.2. The van der Waals surface area contributed by atoms with E-state index < -0.39 is 0 Å². The fraction of sp³-hybridized carbons (Fsp3) is 0.519. The second kappa shape index (κ2) is 9.85. The third kappa shape index (κ3) is 5.17. The Balaban J connectivity index is 1.51. The molecule has 2 fully saturated rings. The number of benzene rings is 2. The molecule has 2 atom stereocenters. The molecule has 0 N–H and O–H groups in total. The van der Waals surface area contributed by atoms with Gasteiger partial charge in [-0.25, -0.2) is 8.78 Å². The Morgan fingerprint density at radius 2 is 1.00 bits per heavy atom. The molecule has 0 saturated heterocycles. The number of ketones is 1. The molecule has 3 heteroatoms. The predicted molar refractivity (Wildman–Crippen MR) is 116 cm³/mol. The van der Waals surface area contributed by atoms with Gasteiger partial charge >= 0.3 is 0 Å². The molecule has 0 aliphatic heterocycles. The number of rotatable bonds is 8. The SMILES string of the molecule is O=C(CC(c1ccc(F)cc1)C1CCCC1)CC(c1ccc(F)cc1)C1CCCC1. The molecule has 0 amide bonds. The first-order valence-corrected chi connectivity index (χ1v) is 11.6. The third-order valence-electron chi connectivity index (χ3n) is 7.43. The lowest BCUT2D eigenvalue weighted by atomic mass is 9.77. The quantitative estimate of drug-likeness (QED) is 0.439. The average Bonchev–Trinajstić information content (AvgIpc) is 3.46. The van der Waals surface area contributed by atoms with Gasteiger partial charge in [-0.2, -0.15) is 0 Å². The van der Waals surface area contributed by atoms with Crippen molar-refractivity contribution in [3.8, 4) is 0 Å². The van der Waals surface area contributed by atoms with Gasteiger partial charge in [0.2, 0.25) is 0 Å². The van der Waals surface area contributed by atoms with Gasteiger partial charge in [0.05, 0.1) is 0 Å². The van der Waals surface area contributed by atoms with Gasteiger partial charge in [0, 0.05) is 12.8 Å². The number of carbonyl (C=O) groups is 1. The van der Waals surface area contributed by atoms with Gasteiger partial charge in [-0.3, -0.25) is 4.79 Å². The fourth-order valence-electron chi connectivity index (χ4n) is 5.83. The minimum Gasteiger partial charge on any atom is -0.300 e. The summed E-state index contributed by atoms with van der Waals surface area (Å²) in [5.41, 5.74) is 2.19. The molecule has 2 unspecified atom stereocenters. The Kier molecular flexibility index (Phi) is 6.97. The summed E-state index contributed by atoms with van der Waals surface area (Å²) in [5.74, 6) is 1.21. The zero-order valence-corrected chi connectivity index (χ0v) is 17.7. The van der Waals surface area contributed by atoms with Gasteiger partial charge in [-0.15, -0.1) is 0 Å². The molecule has 0 spiro atoms. The highest BCUT2D eigenvalue weighted by molar-refractivity contribution is 5.80. The average molecular weight is 411 g/mol. The van der Waals surface area contributed by atoms with Crippen LogP contribution in [0.5, 0.6) is 0 Å². The van der Waals surface area contributed by atoms with Crippen LogP contribution in [0.1, 0.15) is 87.2 Å². The molecular weight excluding hydrogens is 378 g/mol. The summed E-state index contributed by atoms with van der Waals surface area (Å²) >= 11 is 0. The lowest BCUT2D eigenvalue weighted by Crippen LogP contribution is -2.19. The van der Waals surface area contributed by atoms with Crippen LogP contribution in [-0.2, 0) is 4.79 Å². The highest BCUT2D eigenvalue weighted by Crippen LogP contribution is 2.43. The van der Waals surface area contributed by atoms with Crippen molar-refractivity contribution in [2.45, 2.75) is 76.0 Å². The number of hydrogen-bond acceptors (Lipinski definition) is 1. The van der Waals surface area contributed by atoms with Crippen molar-refractivity contribution in [2.24, 2.45) is 11.8 Å². The van der Waals surface area contributed by atoms with Crippen LogP contribution >= 0.6 is 0 Å². The summed E-state index contributed by atoms with van der Waals surface area (Å²) in [6, 6.07) is 13.5. The number of halogens is 2. The minimum atomic E-state index is -0.229. The van der Waals surface area contributed by atoms with Crippen molar-refractivity contribution in [3.05, 3.63) is 71.3 Å². The van der Waals surface area contributed by atoms with E-state index in [9.17, 15) is 13.6 Å². The van der Waals surface area contributed by atoms with Gasteiger partial charge in [-0.05, 0) is 84.7 Å². The maximum atomic E-state index is 13.5. The van der Waals surface area contributed by atoms with E-state index in [-0.39, 0.29) is 29.3 Å². The minimum absolute atomic E-state index is 0.179. The van der Waals surface area contributed by atoms with E-state index in [1.807, 2.05) is 24.3 Å². The molecule has 4 rings (SSSR count). The largest absolute Gasteiger partial charge is 0.300 e. The summed E-state index contributed by atoms with van der Waals surface area (Å²) in [5, 5.41) is 0. The molecule has 2 aromatic rings. The lowest BCUT2D eigenvalue weighted by Gasteiger charge is -2.27. The molecule has 2 aliphatic rings. The van der Waals surface area contributed by atoms with Crippen molar-refractivity contribution in [1.82, 2.24) is 0 Å². The highest BCUT2D eigenvalue weighted by atomic mass is 19.1. The van der Waals surface area contributed by atoms with Gasteiger partial charge in [-0.1, -0.05) is 49.9 Å². The van der Waals surface area contributed by atoms with Gasteiger partial charge in [0.25, 0.3) is 0 Å². The Bertz CT molecular complexity index is 745. The summed E-state index contributed by atoms with van der Waals surface area (Å²) in [4.78, 5) is 13.3. The van der Waals surface area contributed by atoms with E-state index in [1.165, 1.54) is 49.9 Å². The van der Waals surface area contributed by atoms with E-state index in [1.54, 1.807) is 0 Å². The Hall–Kier alpha value is -2.03. The molecule has 0 aromatic heterocycles. The van der Waals surface area contributed by atoms with E-state index in [4.69, 9.17) is 0 Å². The Labute approximate surface area is 178 Å². The van der Waals surface area contributed by atoms with Crippen molar-refractivity contribution in [1.29, 1.82) is 0 Å². The molecule has 30 heavy (non-hydrogen) atoms. The van der Waals surface area contributed by atoms with Crippen LogP contribution in [0.15, 0.2) is 48.5 Å². The van der Waals surface area contributed by atoms with Crippen LogP contribution in [0.3, 0.4) is 0 Å². The van der Waals surface area contributed by atoms with Crippen molar-refractivity contribution in [2.75, 3.05) is 0 Å². The number of Topliss-reactive ketones (excluding diaryl/α,β-unsaturated/α-hetero) is 1. The van der Waals surface area contributed by atoms with Crippen LogP contribution in [0.2, 0.25) is 0 Å². The van der Waals surface area contributed by atoms with E-state index in [0.29, 0.717) is 24.7 Å². The van der Waals surface area contributed by atoms with Crippen molar-refractivity contribution < 1.29 is 13.6 Å². The topological polar surface area (TPSA) is 17.1 Å². The maximum Gasteiger partial charge on any atom is 0.134 e. The second-order valence-corrected chi connectivity index (χ2v) is 9.35. The molecule has 2 saturated carbocycles. The summed E-state index contributed by atoms with van der Waals surface area (Å²) in [6.07, 6.45) is 10.5. The molecule has 2 aliphatic carbocycles. The van der Waals surface area contributed by atoms with Crippen molar-refractivity contribution in [3.63, 3.8) is 0 Å². The third-order valence-corrected chi connectivity index (χ3v) is 7.43. The van der Waals surface area contributed by atoms with Gasteiger partial charge in [0.1, 0.15) is 17.4 Å². The summed E-state index contributed by atoms with van der Waals surface area (Å²) < 4.78 is 26.9. The number of carbonyl (C=O) groups excluding carboxylic acids is 1. The van der Waals surface area contributed by atoms with Gasteiger partial charge < -0.3 is 0 Å². The first-order valence-electron chi connectivity index (χ1n) is 11.6. The predicted octanol–water partition coefficient (Wildman–Crippen LogP) is 7.56. The van der Waals surface area contributed by atoms with E-state index >= 15 is 0 Å². The normalized spacial score (nSPS) is 19.8. The Morgan fingerprint density at radius 1 is 0.667 bits per heavy atom. The van der Waals surface area contributed by atoms with Crippen LogP contribution < -0.4 is 0 Å². The first-order chi connectivity index (χ1) is 14.6. The lowest BCUT2D eigenvalue weighted by molar-refractivity contribution is -0.120. The van der Waals surface area contributed by atoms with Crippen LogP contribution in [0, 0.1) is 23.5 Å². The van der Waals surface area contributed by atoms with Crippen LogP contribution in [-0.4, -0.2) is 5.78 Å². The van der Waals surface area contributed by atoms with Crippen LogP contribution in [0.25, 0.3) is 0 Å². The van der Waals surface area contributed by atoms with Crippen LogP contribution in [0.4, 0.5) is 8.78 Å². The molecule has 0 heterocycles.